The maximum atomic E-state index is 12.3. The zero-order valence-corrected chi connectivity index (χ0v) is 14.6. The Labute approximate surface area is 135 Å². The molecule has 3 nitrogen and oxygen atoms in total. The third-order valence-electron chi connectivity index (χ3n) is 3.30. The van der Waals surface area contributed by atoms with E-state index in [1.165, 1.54) is 4.70 Å². The molecule has 0 unspecified atom stereocenters. The van der Waals surface area contributed by atoms with Crippen LogP contribution in [0.4, 0.5) is 0 Å². The van der Waals surface area contributed by atoms with Gasteiger partial charge < -0.3 is 4.90 Å². The number of nitrogens with zero attached hydrogens (tertiary/aromatic N) is 2. The number of likely N-dealkylation sites (N-methyl/N-ethyl adjacent to an activating group) is 1. The highest BCUT2D eigenvalue weighted by atomic mass is 79.9. The Kier molecular flexibility index (Phi) is 7.16. The minimum absolute atomic E-state index is 0. The van der Waals surface area contributed by atoms with Crippen LogP contribution in [0.3, 0.4) is 0 Å². The molecule has 1 aromatic heterocycles. The van der Waals surface area contributed by atoms with E-state index in [0.717, 1.165) is 31.4 Å². The summed E-state index contributed by atoms with van der Waals surface area (Å²) in [6.45, 7) is 6.31. The number of hydrogen-bond donors (Lipinski definition) is 0. The molecule has 0 N–H and O–H groups in total. The highest BCUT2D eigenvalue weighted by Crippen LogP contribution is 2.15. The van der Waals surface area contributed by atoms with Gasteiger partial charge in [-0.3, -0.25) is 4.79 Å². The number of para-hydroxylation sites is 1. The fourth-order valence-corrected chi connectivity index (χ4v) is 3.04. The molecule has 20 heavy (non-hydrogen) atoms. The summed E-state index contributed by atoms with van der Waals surface area (Å²) >= 11 is 1.69. The minimum Gasteiger partial charge on any atom is -0.337 e. The zero-order chi connectivity index (χ0) is 13.7. The van der Waals surface area contributed by atoms with Crippen molar-refractivity contribution in [1.29, 1.82) is 0 Å². The van der Waals surface area contributed by atoms with E-state index >= 15 is 0 Å². The molecule has 0 aliphatic carbocycles. The van der Waals surface area contributed by atoms with E-state index in [9.17, 15) is 4.79 Å². The highest BCUT2D eigenvalue weighted by Gasteiger charge is 2.19. The number of halogens is 1. The van der Waals surface area contributed by atoms with Gasteiger partial charge in [-0.2, -0.15) is 4.57 Å². The quantitative estimate of drug-likeness (QED) is 0.726. The van der Waals surface area contributed by atoms with Crippen LogP contribution in [-0.2, 0) is 11.3 Å². The van der Waals surface area contributed by atoms with Gasteiger partial charge in [0.2, 0.25) is 17.6 Å². The number of hydrogen-bond acceptors (Lipinski definition) is 2. The van der Waals surface area contributed by atoms with Crippen molar-refractivity contribution in [3.8, 4) is 0 Å². The maximum Gasteiger partial charge on any atom is 0.288 e. The topological polar surface area (TPSA) is 24.2 Å². The lowest BCUT2D eigenvalue weighted by atomic mass is 10.3. The molecule has 0 aliphatic heterocycles. The predicted molar refractivity (Wildman–Crippen MR) is 89.5 cm³/mol. The average Bonchev–Trinajstić information content (AvgIpc) is 2.83. The van der Waals surface area contributed by atoms with Gasteiger partial charge in [0.1, 0.15) is 4.70 Å². The lowest BCUT2D eigenvalue weighted by molar-refractivity contribution is -0.654. The third-order valence-corrected chi connectivity index (χ3v) is 4.26. The van der Waals surface area contributed by atoms with Crippen molar-refractivity contribution in [1.82, 2.24) is 4.90 Å². The van der Waals surface area contributed by atoms with Crippen LogP contribution in [0.2, 0.25) is 0 Å². The number of amides is 1. The lowest BCUT2D eigenvalue weighted by Gasteiger charge is -2.18. The Morgan fingerprint density at radius 1 is 1.30 bits per heavy atom. The van der Waals surface area contributed by atoms with Crippen LogP contribution in [0, 0.1) is 0 Å². The Balaban J connectivity index is 0.00000200. The molecule has 1 amide bonds. The van der Waals surface area contributed by atoms with Crippen molar-refractivity contribution >= 4 is 44.4 Å². The Morgan fingerprint density at radius 3 is 2.75 bits per heavy atom. The molecule has 0 aliphatic rings. The molecule has 5 heteroatoms. The summed E-state index contributed by atoms with van der Waals surface area (Å²) < 4.78 is 3.28. The Morgan fingerprint density at radius 2 is 2.05 bits per heavy atom. The van der Waals surface area contributed by atoms with Gasteiger partial charge in [-0.05, 0) is 19.4 Å². The minimum atomic E-state index is 0. The molecule has 0 fully saturated rings. The number of carbonyl (C=O) groups excluding carboxylic acids is 1. The first-order chi connectivity index (χ1) is 9.26. The number of rotatable bonds is 6. The van der Waals surface area contributed by atoms with Crippen molar-refractivity contribution in [2.24, 2.45) is 0 Å². The lowest BCUT2D eigenvalue weighted by Crippen LogP contribution is -2.44. The van der Waals surface area contributed by atoms with E-state index < -0.39 is 0 Å². The first-order valence-electron chi connectivity index (χ1n) is 6.89. The molecule has 0 saturated heterocycles. The van der Waals surface area contributed by atoms with Crippen LogP contribution in [0.15, 0.2) is 29.8 Å². The smallest absolute Gasteiger partial charge is 0.288 e. The zero-order valence-electron chi connectivity index (χ0n) is 12.0. The number of thiazole rings is 1. The highest BCUT2D eigenvalue weighted by molar-refractivity contribution is 8.93. The van der Waals surface area contributed by atoms with Crippen LogP contribution in [-0.4, -0.2) is 23.9 Å². The second kappa shape index (κ2) is 8.37. The first-order valence-corrected chi connectivity index (χ1v) is 7.77. The second-order valence-corrected chi connectivity index (χ2v) is 5.53. The number of unbranched alkanes of at least 4 members (excludes halogenated alkanes) is 1. The summed E-state index contributed by atoms with van der Waals surface area (Å²) in [6.07, 6.45) is 2.20. The van der Waals surface area contributed by atoms with Crippen molar-refractivity contribution in [2.75, 3.05) is 13.1 Å². The van der Waals surface area contributed by atoms with E-state index in [-0.39, 0.29) is 22.9 Å². The van der Waals surface area contributed by atoms with Crippen LogP contribution in [0.5, 0.6) is 0 Å². The van der Waals surface area contributed by atoms with Crippen LogP contribution < -0.4 is 4.57 Å². The van der Waals surface area contributed by atoms with E-state index in [1.807, 2.05) is 29.5 Å². The van der Waals surface area contributed by atoms with E-state index in [0.29, 0.717) is 6.54 Å². The second-order valence-electron chi connectivity index (χ2n) is 4.65. The van der Waals surface area contributed by atoms with Crippen LogP contribution in [0.1, 0.15) is 26.7 Å². The normalized spacial score (nSPS) is 10.3. The van der Waals surface area contributed by atoms with E-state index in [1.54, 1.807) is 11.3 Å². The van der Waals surface area contributed by atoms with Crippen LogP contribution in [0.25, 0.3) is 10.2 Å². The Bertz CT molecular complexity index is 556. The summed E-state index contributed by atoms with van der Waals surface area (Å²) in [5, 5.41) is 0. The molecule has 0 bridgehead atoms. The van der Waals surface area contributed by atoms with Gasteiger partial charge in [0, 0.05) is 19.2 Å². The number of carbonyl (C=O) groups is 1. The molecule has 2 rings (SSSR count). The summed E-state index contributed by atoms with van der Waals surface area (Å²) in [5.74, 6) is 0.213. The molecule has 1 aromatic carbocycles. The van der Waals surface area contributed by atoms with E-state index in [2.05, 4.69) is 23.6 Å². The van der Waals surface area contributed by atoms with Crippen molar-refractivity contribution in [3.63, 3.8) is 0 Å². The largest absolute Gasteiger partial charge is 0.337 e. The molecular weight excluding hydrogens is 336 g/mol. The molecule has 0 atom stereocenters. The SMILES string of the molecule is Br.CCCCN(CC)C(=O)C[n+]1csc2ccccc21. The molecule has 0 saturated carbocycles. The van der Waals surface area contributed by atoms with Gasteiger partial charge in [0.05, 0.1) is 0 Å². The fourth-order valence-electron chi connectivity index (χ4n) is 2.15. The summed E-state index contributed by atoms with van der Waals surface area (Å²) in [4.78, 5) is 14.2. The van der Waals surface area contributed by atoms with Gasteiger partial charge in [-0.1, -0.05) is 36.8 Å². The standard InChI is InChI=1S/C15H21N2OS.BrH/c1-3-5-10-16(4-2)15(18)11-17-12-19-14-9-7-6-8-13(14)17;/h6-9,12H,3-5,10-11H2,1-2H3;1H/q+1;. The monoisotopic (exact) mass is 357 g/mol. The molecule has 2 aromatic rings. The van der Waals surface area contributed by atoms with Crippen LogP contribution >= 0.6 is 28.3 Å². The number of benzene rings is 1. The molecule has 0 radical (unpaired) electrons. The fraction of sp³-hybridized carbons (Fsp3) is 0.467. The van der Waals surface area contributed by atoms with Crippen molar-refractivity contribution < 1.29 is 9.36 Å². The van der Waals surface area contributed by atoms with E-state index in [4.69, 9.17) is 0 Å². The summed E-state index contributed by atoms with van der Waals surface area (Å²) in [7, 11) is 0. The maximum absolute atomic E-state index is 12.3. The number of fused-ring (bicyclic) bond motifs is 1. The van der Waals surface area contributed by atoms with Gasteiger partial charge >= 0.3 is 0 Å². The molecule has 110 valence electrons. The third kappa shape index (κ3) is 4.03. The summed E-state index contributed by atoms with van der Waals surface area (Å²) in [5.41, 5.74) is 3.18. The molecule has 0 spiro atoms. The number of aromatic nitrogens is 1. The van der Waals surface area contributed by atoms with Gasteiger partial charge in [0.15, 0.2) is 0 Å². The summed E-state index contributed by atoms with van der Waals surface area (Å²) in [6, 6.07) is 8.21. The van der Waals surface area contributed by atoms with Gasteiger partial charge in [0.25, 0.3) is 5.91 Å². The van der Waals surface area contributed by atoms with Gasteiger partial charge in [-0.25, -0.2) is 0 Å². The van der Waals surface area contributed by atoms with Crippen molar-refractivity contribution in [2.45, 2.75) is 33.2 Å². The first kappa shape index (κ1) is 17.1. The predicted octanol–water partition coefficient (Wildman–Crippen LogP) is 3.42. The molecule has 1 heterocycles. The van der Waals surface area contributed by atoms with Gasteiger partial charge in [-0.15, -0.1) is 17.0 Å². The molecular formula is C15H22BrN2OS+. The Hall–Kier alpha value is -0.940. The van der Waals surface area contributed by atoms with Crippen molar-refractivity contribution in [3.05, 3.63) is 29.8 Å². The average molecular weight is 358 g/mol.